The first-order valence-electron chi connectivity index (χ1n) is 24.2. The van der Waals surface area contributed by atoms with E-state index in [1.165, 1.54) is 60.7 Å². The average Bonchev–Trinajstić information content (AvgIpc) is 3.75. The first-order chi connectivity index (χ1) is 30.6. The van der Waals surface area contributed by atoms with Gasteiger partial charge in [-0.2, -0.15) is 0 Å². The van der Waals surface area contributed by atoms with Crippen molar-refractivity contribution in [2.45, 2.75) is 46.5 Å². The van der Waals surface area contributed by atoms with Crippen LogP contribution in [0.5, 0.6) is 11.5 Å². The lowest BCUT2D eigenvalue weighted by Crippen LogP contribution is -2.24. The van der Waals surface area contributed by atoms with Gasteiger partial charge in [-0.3, -0.25) is 0 Å². The molecule has 0 N–H and O–H groups in total. The molecular weight excluding hydrogens is 588 g/mol. The fourth-order valence-electron chi connectivity index (χ4n) is 6.96. The van der Waals surface area contributed by atoms with Crippen LogP contribution in [0.25, 0.3) is 66.5 Å². The molecule has 0 unspecified atom stereocenters. The first kappa shape index (κ1) is 15.6. The van der Waals surface area contributed by atoms with Gasteiger partial charge in [-0.15, -0.1) is 0 Å². The van der Waals surface area contributed by atoms with Crippen molar-refractivity contribution < 1.29 is 38.2 Å². The number of fused-ring (bicyclic) bond motifs is 7. The van der Waals surface area contributed by atoms with Crippen molar-refractivity contribution in [1.82, 2.24) is 0 Å². The van der Waals surface area contributed by atoms with E-state index >= 15 is 0 Å². The summed E-state index contributed by atoms with van der Waals surface area (Å²) in [6.07, 6.45) is 0. The van der Waals surface area contributed by atoms with Gasteiger partial charge in [0.25, 0.3) is 5.78 Å². The zero-order valence-corrected chi connectivity index (χ0v) is 25.1. The molecule has 3 heteroatoms. The molecule has 1 aliphatic heterocycles. The fourth-order valence-corrected chi connectivity index (χ4v) is 6.96. The highest BCUT2D eigenvalue weighted by Crippen LogP contribution is 2.52. The summed E-state index contributed by atoms with van der Waals surface area (Å²) in [5.41, 5.74) is -6.78. The number of hydrogen-bond acceptors (Lipinski definition) is 3. The molecule has 0 amide bonds. The molecule has 48 heavy (non-hydrogen) atoms. The second-order valence-corrected chi connectivity index (χ2v) is 11.9. The minimum atomic E-state index is -3.30. The maximum Gasteiger partial charge on any atom is 0.299 e. The number of rotatable bonds is 3. The highest BCUT2D eigenvalue weighted by atomic mass is 16.5. The molecule has 9 rings (SSSR count). The summed E-state index contributed by atoms with van der Waals surface area (Å²) in [4.78, 5) is 0. The second kappa shape index (κ2) is 10.2. The Hall–Kier alpha value is -5.54. The molecule has 234 valence electrons. The van der Waals surface area contributed by atoms with Crippen molar-refractivity contribution in [2.24, 2.45) is 0 Å². The van der Waals surface area contributed by atoms with E-state index in [-0.39, 0.29) is 50.5 Å². The Morgan fingerprint density at radius 3 is 1.98 bits per heavy atom. The molecule has 0 radical (unpaired) electrons. The highest BCUT2D eigenvalue weighted by Gasteiger charge is 2.35. The number of ether oxygens (including phenoxy) is 1. The molecule has 3 nitrogen and oxygen atoms in total. The van der Waals surface area contributed by atoms with E-state index in [4.69, 9.17) is 38.2 Å². The minimum Gasteiger partial charge on any atom is -0.456 e. The van der Waals surface area contributed by atoms with Crippen molar-refractivity contribution in [3.8, 4) is 44.9 Å². The van der Waals surface area contributed by atoms with Crippen molar-refractivity contribution in [3.63, 3.8) is 0 Å². The van der Waals surface area contributed by atoms with Crippen molar-refractivity contribution >= 4 is 33.1 Å². The largest absolute Gasteiger partial charge is 0.456 e. The predicted octanol–water partition coefficient (Wildman–Crippen LogP) is 13.0. The quantitative estimate of drug-likeness (QED) is 0.192. The summed E-state index contributed by atoms with van der Waals surface area (Å²) in [7, 11) is 0. The molecule has 0 bridgehead atoms. The third kappa shape index (κ3) is 3.94. The third-order valence-corrected chi connectivity index (χ3v) is 9.20. The minimum absolute atomic E-state index is 0.0340. The van der Waals surface area contributed by atoms with Gasteiger partial charge < -0.3 is 13.6 Å². The average molecular weight is 643 g/mol. The Balaban J connectivity index is 1.43. The molecule has 0 fully saturated rings. The van der Waals surface area contributed by atoms with Gasteiger partial charge in [0.1, 0.15) is 22.7 Å². The molecule has 2 aromatic heterocycles. The van der Waals surface area contributed by atoms with Crippen molar-refractivity contribution in [1.29, 1.82) is 0 Å². The zero-order chi connectivity index (χ0) is 47.9. The van der Waals surface area contributed by atoms with Crippen LogP contribution in [0.3, 0.4) is 0 Å². The number of hydrogen-bond donors (Lipinski definition) is 0. The SMILES string of the molecule is [2H]C([2H])([2H])c1ccc(-c2ccc(C([2H])([2H])[2H])c(-c3cccc4c3oc3oc5ccccc5c34)c2C([2H])([2H])[2H])c(C([2H])([2H])[2H])c1-c1cccc2c1Oc1ccccc1C2(C([2H])([2H])[2H])C([2H])([2H])[2H]. The lowest BCUT2D eigenvalue weighted by atomic mass is 9.74. The molecule has 0 saturated heterocycles. The van der Waals surface area contributed by atoms with Crippen LogP contribution in [0.4, 0.5) is 0 Å². The number of furan rings is 2. The molecule has 3 heterocycles. The van der Waals surface area contributed by atoms with E-state index in [9.17, 15) is 0 Å². The zero-order valence-electron chi connectivity index (χ0n) is 43.1. The molecule has 0 spiro atoms. The van der Waals surface area contributed by atoms with Gasteiger partial charge in [0.2, 0.25) is 0 Å². The Labute approximate surface area is 305 Å². The highest BCUT2D eigenvalue weighted by molar-refractivity contribution is 6.19. The third-order valence-electron chi connectivity index (χ3n) is 9.20. The van der Waals surface area contributed by atoms with Crippen LogP contribution in [-0.4, -0.2) is 0 Å². The van der Waals surface area contributed by atoms with Gasteiger partial charge >= 0.3 is 0 Å². The van der Waals surface area contributed by atoms with Gasteiger partial charge in [0.15, 0.2) is 0 Å². The second-order valence-electron chi connectivity index (χ2n) is 11.9. The summed E-state index contributed by atoms with van der Waals surface area (Å²) >= 11 is 0. The summed E-state index contributed by atoms with van der Waals surface area (Å²) in [5, 5.41) is 1.70. The van der Waals surface area contributed by atoms with Crippen molar-refractivity contribution in [2.75, 3.05) is 0 Å². The van der Waals surface area contributed by atoms with E-state index in [1.807, 2.05) is 6.07 Å². The van der Waals surface area contributed by atoms with E-state index < -0.39 is 85.7 Å². The Morgan fingerprint density at radius 2 is 1.21 bits per heavy atom. The normalized spacial score (nSPS) is 20.7. The monoisotopic (exact) mass is 642 g/mol. The fraction of sp³-hybridized carbons (Fsp3) is 0.156. The molecule has 0 atom stereocenters. The first-order valence-corrected chi connectivity index (χ1v) is 15.2. The smallest absolute Gasteiger partial charge is 0.299 e. The maximum absolute atomic E-state index is 9.06. The van der Waals surface area contributed by atoms with E-state index in [2.05, 4.69) is 0 Å². The molecule has 0 aliphatic carbocycles. The number of benzene rings is 6. The van der Waals surface area contributed by atoms with E-state index in [0.717, 1.165) is 12.1 Å². The summed E-state index contributed by atoms with van der Waals surface area (Å²) in [6.45, 7) is -19.1. The van der Waals surface area contributed by atoms with Crippen LogP contribution in [0.2, 0.25) is 0 Å². The predicted molar refractivity (Wildman–Crippen MR) is 197 cm³/mol. The molecule has 6 aromatic carbocycles. The summed E-state index contributed by atoms with van der Waals surface area (Å²) < 4.78 is 177. The molecule has 0 saturated carbocycles. The van der Waals surface area contributed by atoms with Crippen LogP contribution in [-0.2, 0) is 5.41 Å². The maximum atomic E-state index is 9.06. The molecule has 1 aliphatic rings. The van der Waals surface area contributed by atoms with Gasteiger partial charge in [-0.05, 0) is 84.0 Å². The molecule has 8 aromatic rings. The van der Waals surface area contributed by atoms with Crippen LogP contribution >= 0.6 is 0 Å². The van der Waals surface area contributed by atoms with Gasteiger partial charge in [-0.1, -0.05) is 111 Å². The van der Waals surface area contributed by atoms with E-state index in [1.54, 1.807) is 30.3 Å². The Kier molecular flexibility index (Phi) is 3.32. The Bertz CT molecular complexity index is 3250. The van der Waals surface area contributed by atoms with Gasteiger partial charge in [0.05, 0.1) is 5.39 Å². The lowest BCUT2D eigenvalue weighted by molar-refractivity contribution is 0.419. The summed E-state index contributed by atoms with van der Waals surface area (Å²) in [6, 6.07) is 25.9. The van der Waals surface area contributed by atoms with Crippen LogP contribution in [0.15, 0.2) is 118 Å². The topological polar surface area (TPSA) is 35.5 Å². The van der Waals surface area contributed by atoms with Crippen LogP contribution in [0, 0.1) is 27.4 Å². The summed E-state index contributed by atoms with van der Waals surface area (Å²) in [5.74, 6) is -0.534. The van der Waals surface area contributed by atoms with E-state index in [0.29, 0.717) is 21.7 Å². The van der Waals surface area contributed by atoms with Crippen LogP contribution in [0.1, 0.15) is 71.8 Å². The lowest BCUT2D eigenvalue weighted by Gasteiger charge is -2.35. The number of para-hydroxylation sites is 4. The number of aryl methyl sites for hydroxylation is 2. The molecular formula is C45H36O3. The van der Waals surface area contributed by atoms with Crippen molar-refractivity contribution in [3.05, 3.63) is 143 Å². The van der Waals surface area contributed by atoms with Gasteiger partial charge in [0, 0.05) is 63.1 Å². The van der Waals surface area contributed by atoms with Crippen LogP contribution < -0.4 is 4.74 Å². The van der Waals surface area contributed by atoms with Gasteiger partial charge in [-0.25, -0.2) is 0 Å². The standard InChI is InChI=1S/C45H36O3/c1-25-21-23-29(27(3)39(25)32-14-11-15-34-41-31-13-7-9-19-37(31)47-44(41)48-42(32)34)30-24-22-26(2)40(28(30)4)33-16-12-18-36-43(33)46-38-20-10-8-17-35(38)45(36,5)6/h7-24H,1-6H3/i1D3,2D3,3D3,4D3,5D3,6D3. The Morgan fingerprint density at radius 1 is 0.542 bits per heavy atom.